The lowest BCUT2D eigenvalue weighted by atomic mass is 9.77. The average Bonchev–Trinajstić information content (AvgIpc) is 2.82. The molecule has 5 rings (SSSR count). The Balaban J connectivity index is 1.69. The van der Waals surface area contributed by atoms with Crippen molar-refractivity contribution >= 4 is 11.4 Å². The summed E-state index contributed by atoms with van der Waals surface area (Å²) in [6.07, 6.45) is 1.28. The Bertz CT molecular complexity index is 764. The summed E-state index contributed by atoms with van der Waals surface area (Å²) < 4.78 is 0. The van der Waals surface area contributed by atoms with Crippen molar-refractivity contribution in [2.45, 2.75) is 38.1 Å². The smallest absolute Gasteiger partial charge is 0.0378 e. The third kappa shape index (κ3) is 1.61. The van der Waals surface area contributed by atoms with E-state index in [2.05, 4.69) is 60.9 Å². The Kier molecular flexibility index (Phi) is 2.45. The first-order valence-corrected chi connectivity index (χ1v) is 8.42. The zero-order chi connectivity index (χ0) is 14.8. The van der Waals surface area contributed by atoms with Gasteiger partial charge in [0.05, 0.1) is 0 Å². The van der Waals surface area contributed by atoms with Gasteiger partial charge in [-0.1, -0.05) is 35.4 Å². The SMILES string of the molecule is Cc1ccc2c(c1)[C@H]1[C@H](CN2)[C@@H]2C[C@H]1c1cc(C)ccc1N2. The van der Waals surface area contributed by atoms with E-state index < -0.39 is 0 Å². The molecule has 0 saturated heterocycles. The van der Waals surface area contributed by atoms with Gasteiger partial charge in [-0.3, -0.25) is 0 Å². The Morgan fingerprint density at radius 1 is 0.909 bits per heavy atom. The van der Waals surface area contributed by atoms with Crippen molar-refractivity contribution in [2.24, 2.45) is 5.92 Å². The molecule has 2 aromatic rings. The van der Waals surface area contributed by atoms with Crippen LogP contribution in [0.1, 0.15) is 40.5 Å². The van der Waals surface area contributed by atoms with E-state index in [1.165, 1.54) is 34.5 Å². The van der Waals surface area contributed by atoms with E-state index in [1.54, 1.807) is 5.56 Å². The molecule has 22 heavy (non-hydrogen) atoms. The first-order valence-electron chi connectivity index (χ1n) is 8.42. The van der Waals surface area contributed by atoms with Crippen LogP contribution in [0.2, 0.25) is 0 Å². The zero-order valence-corrected chi connectivity index (χ0v) is 13.2. The van der Waals surface area contributed by atoms with Gasteiger partial charge in [0.2, 0.25) is 0 Å². The lowest BCUT2D eigenvalue weighted by Crippen LogP contribution is -2.34. The highest BCUT2D eigenvalue weighted by Crippen LogP contribution is 2.57. The minimum absolute atomic E-state index is 0.617. The highest BCUT2D eigenvalue weighted by molar-refractivity contribution is 5.64. The van der Waals surface area contributed by atoms with E-state index in [9.17, 15) is 0 Å². The van der Waals surface area contributed by atoms with Gasteiger partial charge in [0.15, 0.2) is 0 Å². The van der Waals surface area contributed by atoms with E-state index >= 15 is 0 Å². The molecule has 1 fully saturated rings. The first kappa shape index (κ1) is 12.6. The van der Waals surface area contributed by atoms with Gasteiger partial charge in [-0.05, 0) is 55.4 Å². The molecule has 0 radical (unpaired) electrons. The summed E-state index contributed by atoms with van der Waals surface area (Å²) in [5.41, 5.74) is 8.56. The number of rotatable bonds is 0. The van der Waals surface area contributed by atoms with Gasteiger partial charge in [0.1, 0.15) is 0 Å². The van der Waals surface area contributed by atoms with Gasteiger partial charge in [-0.2, -0.15) is 0 Å². The van der Waals surface area contributed by atoms with Gasteiger partial charge < -0.3 is 10.6 Å². The van der Waals surface area contributed by atoms with Crippen LogP contribution in [-0.4, -0.2) is 12.6 Å². The topological polar surface area (TPSA) is 24.1 Å². The maximum absolute atomic E-state index is 3.82. The molecular formula is C20H22N2. The molecule has 0 unspecified atom stereocenters. The molecule has 0 aromatic heterocycles. The standard InChI is InChI=1S/C20H22N2/c1-11-4-6-18-13(7-11)14-9-19(22-18)16-10-21-17-5-3-12(2)8-15(17)20(14)16/h3-8,14,16,19-22H,9-10H2,1-2H3/t14-,16+,19-,20-/m0/s1. The Hall–Kier alpha value is -1.96. The van der Waals surface area contributed by atoms with E-state index in [-0.39, 0.29) is 0 Å². The Labute approximate surface area is 131 Å². The molecule has 2 aromatic carbocycles. The number of nitrogens with one attached hydrogen (secondary N) is 2. The van der Waals surface area contributed by atoms with Gasteiger partial charge in [0.25, 0.3) is 0 Å². The average molecular weight is 290 g/mol. The minimum Gasteiger partial charge on any atom is -0.384 e. The number of aryl methyl sites for hydroxylation is 2. The van der Waals surface area contributed by atoms with Crippen LogP contribution in [0, 0.1) is 19.8 Å². The molecule has 0 spiro atoms. The van der Waals surface area contributed by atoms with Crippen LogP contribution in [0.25, 0.3) is 0 Å². The van der Waals surface area contributed by atoms with Crippen LogP contribution in [0.4, 0.5) is 11.4 Å². The maximum atomic E-state index is 3.82. The molecule has 2 aliphatic heterocycles. The number of benzene rings is 2. The summed E-state index contributed by atoms with van der Waals surface area (Å²) in [6.45, 7) is 5.52. The maximum Gasteiger partial charge on any atom is 0.0378 e. The second kappa shape index (κ2) is 4.28. The summed E-state index contributed by atoms with van der Waals surface area (Å²) in [5, 5.41) is 7.49. The summed E-state index contributed by atoms with van der Waals surface area (Å²) in [6, 6.07) is 14.4. The van der Waals surface area contributed by atoms with Crippen LogP contribution in [-0.2, 0) is 0 Å². The van der Waals surface area contributed by atoms with Gasteiger partial charge in [-0.25, -0.2) is 0 Å². The highest BCUT2D eigenvalue weighted by Gasteiger charge is 2.50. The van der Waals surface area contributed by atoms with Crippen molar-refractivity contribution in [3.05, 3.63) is 58.7 Å². The molecule has 2 heterocycles. The third-order valence-electron chi connectivity index (χ3n) is 5.96. The lowest BCUT2D eigenvalue weighted by Gasteiger charge is -2.33. The Morgan fingerprint density at radius 2 is 1.64 bits per heavy atom. The second-order valence-electron chi connectivity index (χ2n) is 7.34. The predicted octanol–water partition coefficient (Wildman–Crippen LogP) is 4.41. The van der Waals surface area contributed by atoms with Crippen molar-refractivity contribution in [2.75, 3.05) is 17.2 Å². The van der Waals surface area contributed by atoms with E-state index in [1.807, 2.05) is 0 Å². The number of hydrogen-bond donors (Lipinski definition) is 2. The number of anilines is 2. The second-order valence-corrected chi connectivity index (χ2v) is 7.34. The Morgan fingerprint density at radius 3 is 2.45 bits per heavy atom. The summed E-state index contributed by atoms with van der Waals surface area (Å²) in [7, 11) is 0. The van der Waals surface area contributed by atoms with Gasteiger partial charge in [-0.15, -0.1) is 0 Å². The van der Waals surface area contributed by atoms with E-state index in [4.69, 9.17) is 0 Å². The van der Waals surface area contributed by atoms with Gasteiger partial charge in [0, 0.05) is 29.9 Å². The van der Waals surface area contributed by atoms with Crippen molar-refractivity contribution in [1.29, 1.82) is 0 Å². The largest absolute Gasteiger partial charge is 0.384 e. The van der Waals surface area contributed by atoms with Crippen molar-refractivity contribution in [3.63, 3.8) is 0 Å². The first-order chi connectivity index (χ1) is 10.7. The summed E-state index contributed by atoms with van der Waals surface area (Å²) >= 11 is 0. The van der Waals surface area contributed by atoms with Crippen LogP contribution < -0.4 is 10.6 Å². The van der Waals surface area contributed by atoms with Crippen LogP contribution in [0.5, 0.6) is 0 Å². The van der Waals surface area contributed by atoms with E-state index in [0.717, 1.165) is 6.54 Å². The fourth-order valence-corrected chi connectivity index (χ4v) is 5.01. The number of hydrogen-bond acceptors (Lipinski definition) is 2. The molecule has 0 amide bonds. The summed E-state index contributed by atoms with van der Waals surface area (Å²) in [5.74, 6) is 2.04. The van der Waals surface area contributed by atoms with Crippen molar-refractivity contribution in [1.82, 2.24) is 0 Å². The zero-order valence-electron chi connectivity index (χ0n) is 13.2. The normalized spacial score (nSPS) is 30.6. The summed E-state index contributed by atoms with van der Waals surface area (Å²) in [4.78, 5) is 0. The number of fused-ring (bicyclic) bond motifs is 9. The predicted molar refractivity (Wildman–Crippen MR) is 91.8 cm³/mol. The molecule has 3 aliphatic rings. The molecule has 4 atom stereocenters. The van der Waals surface area contributed by atoms with Crippen LogP contribution >= 0.6 is 0 Å². The lowest BCUT2D eigenvalue weighted by molar-refractivity contribution is 0.459. The molecule has 2 N–H and O–H groups in total. The highest BCUT2D eigenvalue weighted by atomic mass is 15.0. The molecule has 1 aliphatic carbocycles. The molecule has 1 saturated carbocycles. The van der Waals surface area contributed by atoms with Crippen molar-refractivity contribution < 1.29 is 0 Å². The fraction of sp³-hybridized carbons (Fsp3) is 0.400. The molecule has 112 valence electrons. The monoisotopic (exact) mass is 290 g/mol. The van der Waals surface area contributed by atoms with Crippen molar-refractivity contribution in [3.8, 4) is 0 Å². The fourth-order valence-electron chi connectivity index (χ4n) is 5.01. The van der Waals surface area contributed by atoms with E-state index in [0.29, 0.717) is 23.8 Å². The molecular weight excluding hydrogens is 268 g/mol. The third-order valence-corrected chi connectivity index (χ3v) is 5.96. The molecule has 2 heteroatoms. The van der Waals surface area contributed by atoms with Crippen LogP contribution in [0.3, 0.4) is 0 Å². The molecule has 2 bridgehead atoms. The molecule has 2 nitrogen and oxygen atoms in total. The minimum atomic E-state index is 0.617. The quantitative estimate of drug-likeness (QED) is 0.751. The van der Waals surface area contributed by atoms with Crippen LogP contribution in [0.15, 0.2) is 36.4 Å². The van der Waals surface area contributed by atoms with Gasteiger partial charge >= 0.3 is 0 Å².